The lowest BCUT2D eigenvalue weighted by molar-refractivity contribution is -0.117. The molecule has 1 aliphatic rings. The number of nitrogens with one attached hydrogen (secondary N) is 2. The van der Waals surface area contributed by atoms with Crippen molar-refractivity contribution < 1.29 is 9.90 Å². The SMILES string of the molecule is O=C(Nc1cccc(Cl)n1)C1CC(O)CN1. The van der Waals surface area contributed by atoms with E-state index in [2.05, 4.69) is 15.6 Å². The molecule has 1 amide bonds. The molecule has 2 unspecified atom stereocenters. The first-order valence-electron chi connectivity index (χ1n) is 5.00. The van der Waals surface area contributed by atoms with E-state index in [-0.39, 0.29) is 11.9 Å². The molecule has 1 aliphatic heterocycles. The molecule has 2 atom stereocenters. The fourth-order valence-corrected chi connectivity index (χ4v) is 1.77. The van der Waals surface area contributed by atoms with E-state index >= 15 is 0 Å². The molecule has 16 heavy (non-hydrogen) atoms. The monoisotopic (exact) mass is 241 g/mol. The number of carbonyl (C=O) groups is 1. The standard InChI is InChI=1S/C10H12ClN3O2/c11-8-2-1-3-9(13-8)14-10(16)7-4-6(15)5-12-7/h1-3,6-7,12,15H,4-5H2,(H,13,14,16). The lowest BCUT2D eigenvalue weighted by Gasteiger charge is -2.10. The van der Waals surface area contributed by atoms with E-state index in [4.69, 9.17) is 11.6 Å². The van der Waals surface area contributed by atoms with Crippen molar-refractivity contribution in [2.24, 2.45) is 0 Å². The Morgan fingerprint density at radius 1 is 1.62 bits per heavy atom. The molecule has 2 heterocycles. The van der Waals surface area contributed by atoms with Crippen LogP contribution in [-0.4, -0.2) is 34.7 Å². The fraction of sp³-hybridized carbons (Fsp3) is 0.400. The maximum absolute atomic E-state index is 11.7. The summed E-state index contributed by atoms with van der Waals surface area (Å²) in [5, 5.41) is 15.2. The van der Waals surface area contributed by atoms with E-state index < -0.39 is 6.10 Å². The number of halogens is 1. The number of hydrogen-bond donors (Lipinski definition) is 3. The maximum Gasteiger partial charge on any atom is 0.242 e. The molecule has 1 aromatic rings. The van der Waals surface area contributed by atoms with Crippen LogP contribution in [0.15, 0.2) is 18.2 Å². The van der Waals surface area contributed by atoms with Crippen LogP contribution >= 0.6 is 11.6 Å². The molecule has 1 fully saturated rings. The second kappa shape index (κ2) is 4.78. The van der Waals surface area contributed by atoms with Crippen LogP contribution in [0.4, 0.5) is 5.82 Å². The van der Waals surface area contributed by atoms with Crippen LogP contribution in [0.1, 0.15) is 6.42 Å². The molecule has 1 saturated heterocycles. The van der Waals surface area contributed by atoms with Gasteiger partial charge in [0.1, 0.15) is 11.0 Å². The van der Waals surface area contributed by atoms with Gasteiger partial charge in [0.05, 0.1) is 12.1 Å². The molecule has 5 nitrogen and oxygen atoms in total. The van der Waals surface area contributed by atoms with Gasteiger partial charge in [0.15, 0.2) is 0 Å². The molecule has 0 radical (unpaired) electrons. The Morgan fingerprint density at radius 2 is 2.44 bits per heavy atom. The van der Waals surface area contributed by atoms with E-state index in [0.717, 1.165) is 0 Å². The zero-order valence-electron chi connectivity index (χ0n) is 8.48. The van der Waals surface area contributed by atoms with Crippen LogP contribution < -0.4 is 10.6 Å². The summed E-state index contributed by atoms with van der Waals surface area (Å²) < 4.78 is 0. The summed E-state index contributed by atoms with van der Waals surface area (Å²) in [6.07, 6.45) is -0.0325. The predicted molar refractivity (Wildman–Crippen MR) is 60.3 cm³/mol. The van der Waals surface area contributed by atoms with Crippen LogP contribution in [0.25, 0.3) is 0 Å². The largest absolute Gasteiger partial charge is 0.392 e. The summed E-state index contributed by atoms with van der Waals surface area (Å²) in [4.78, 5) is 15.7. The van der Waals surface area contributed by atoms with Gasteiger partial charge >= 0.3 is 0 Å². The van der Waals surface area contributed by atoms with E-state index in [0.29, 0.717) is 23.9 Å². The third-order valence-electron chi connectivity index (χ3n) is 2.39. The van der Waals surface area contributed by atoms with Crippen molar-refractivity contribution in [2.45, 2.75) is 18.6 Å². The Hall–Kier alpha value is -1.17. The average Bonchev–Trinajstić information content (AvgIpc) is 2.65. The van der Waals surface area contributed by atoms with Crippen molar-refractivity contribution in [1.29, 1.82) is 0 Å². The lowest BCUT2D eigenvalue weighted by Crippen LogP contribution is -2.35. The van der Waals surface area contributed by atoms with E-state index in [1.165, 1.54) is 0 Å². The van der Waals surface area contributed by atoms with Crippen molar-refractivity contribution in [1.82, 2.24) is 10.3 Å². The third kappa shape index (κ3) is 2.69. The highest BCUT2D eigenvalue weighted by atomic mass is 35.5. The first kappa shape index (κ1) is 11.3. The Labute approximate surface area is 97.8 Å². The Bertz CT molecular complexity index is 399. The Kier molecular flexibility index (Phi) is 3.38. The molecule has 6 heteroatoms. The predicted octanol–water partition coefficient (Wildman–Crippen LogP) is 0.396. The Balaban J connectivity index is 1.97. The van der Waals surface area contributed by atoms with Gasteiger partial charge < -0.3 is 15.7 Å². The molecule has 3 N–H and O–H groups in total. The molecular weight excluding hydrogens is 230 g/mol. The van der Waals surface area contributed by atoms with E-state index in [1.807, 2.05) is 0 Å². The van der Waals surface area contributed by atoms with Gasteiger partial charge in [0.25, 0.3) is 0 Å². The molecule has 2 rings (SSSR count). The molecule has 0 aromatic carbocycles. The number of carbonyl (C=O) groups excluding carboxylic acids is 1. The summed E-state index contributed by atoms with van der Waals surface area (Å²) in [5.41, 5.74) is 0. The zero-order chi connectivity index (χ0) is 11.5. The highest BCUT2D eigenvalue weighted by molar-refractivity contribution is 6.29. The molecule has 0 aliphatic carbocycles. The highest BCUT2D eigenvalue weighted by Gasteiger charge is 2.28. The van der Waals surface area contributed by atoms with Crippen LogP contribution in [0.5, 0.6) is 0 Å². The number of aliphatic hydroxyl groups is 1. The number of amides is 1. The average molecular weight is 242 g/mol. The number of nitrogens with zero attached hydrogens (tertiary/aromatic N) is 1. The smallest absolute Gasteiger partial charge is 0.242 e. The number of aliphatic hydroxyl groups excluding tert-OH is 1. The number of anilines is 1. The van der Waals surface area contributed by atoms with Crippen LogP contribution in [-0.2, 0) is 4.79 Å². The van der Waals surface area contributed by atoms with Gasteiger partial charge in [-0.05, 0) is 18.6 Å². The van der Waals surface area contributed by atoms with Crippen LogP contribution in [0, 0.1) is 0 Å². The third-order valence-corrected chi connectivity index (χ3v) is 2.60. The second-order valence-electron chi connectivity index (χ2n) is 3.69. The van der Waals surface area contributed by atoms with E-state index in [9.17, 15) is 9.90 Å². The normalized spacial score (nSPS) is 24.4. The minimum absolute atomic E-state index is 0.202. The number of rotatable bonds is 2. The number of hydrogen-bond acceptors (Lipinski definition) is 4. The topological polar surface area (TPSA) is 74.2 Å². The van der Waals surface area contributed by atoms with Gasteiger partial charge in [-0.1, -0.05) is 17.7 Å². The van der Waals surface area contributed by atoms with Crippen molar-refractivity contribution in [3.63, 3.8) is 0 Å². The van der Waals surface area contributed by atoms with Gasteiger partial charge in [0.2, 0.25) is 5.91 Å². The number of β-amino-alcohol motifs (C(OH)–C–C–N with tert-alkyl or cyclic N) is 1. The first-order valence-corrected chi connectivity index (χ1v) is 5.38. The summed E-state index contributed by atoms with van der Waals surface area (Å²) in [6.45, 7) is 0.445. The van der Waals surface area contributed by atoms with Crippen molar-refractivity contribution in [3.8, 4) is 0 Å². The minimum Gasteiger partial charge on any atom is -0.392 e. The number of aromatic nitrogens is 1. The molecule has 1 aromatic heterocycles. The molecule has 0 saturated carbocycles. The lowest BCUT2D eigenvalue weighted by atomic mass is 10.2. The zero-order valence-corrected chi connectivity index (χ0v) is 9.24. The molecule has 0 bridgehead atoms. The highest BCUT2D eigenvalue weighted by Crippen LogP contribution is 2.12. The fourth-order valence-electron chi connectivity index (χ4n) is 1.61. The summed E-state index contributed by atoms with van der Waals surface area (Å²) in [7, 11) is 0. The molecule has 86 valence electrons. The van der Waals surface area contributed by atoms with Crippen molar-refractivity contribution in [3.05, 3.63) is 23.4 Å². The maximum atomic E-state index is 11.7. The van der Waals surface area contributed by atoms with Crippen LogP contribution in [0.3, 0.4) is 0 Å². The van der Waals surface area contributed by atoms with Crippen molar-refractivity contribution >= 4 is 23.3 Å². The summed E-state index contributed by atoms with van der Waals surface area (Å²) >= 11 is 5.69. The van der Waals surface area contributed by atoms with Gasteiger partial charge in [-0.15, -0.1) is 0 Å². The Morgan fingerprint density at radius 3 is 3.06 bits per heavy atom. The van der Waals surface area contributed by atoms with E-state index in [1.54, 1.807) is 18.2 Å². The van der Waals surface area contributed by atoms with Gasteiger partial charge in [-0.25, -0.2) is 4.98 Å². The second-order valence-corrected chi connectivity index (χ2v) is 4.07. The molecule has 0 spiro atoms. The first-order chi connectivity index (χ1) is 7.65. The van der Waals surface area contributed by atoms with Gasteiger partial charge in [-0.2, -0.15) is 0 Å². The quantitative estimate of drug-likeness (QED) is 0.655. The van der Waals surface area contributed by atoms with Gasteiger partial charge in [0, 0.05) is 6.54 Å². The number of pyridine rings is 1. The van der Waals surface area contributed by atoms with Crippen LogP contribution in [0.2, 0.25) is 5.15 Å². The van der Waals surface area contributed by atoms with Gasteiger partial charge in [-0.3, -0.25) is 4.79 Å². The summed E-state index contributed by atoms with van der Waals surface area (Å²) in [5.74, 6) is 0.215. The minimum atomic E-state index is -0.455. The van der Waals surface area contributed by atoms with Crippen molar-refractivity contribution in [2.75, 3.05) is 11.9 Å². The molecular formula is C10H12ClN3O2. The summed E-state index contributed by atoms with van der Waals surface area (Å²) in [6, 6.07) is 4.64.